The molecule has 4 rings (SSSR count). The van der Waals surface area contributed by atoms with Gasteiger partial charge in [0, 0.05) is 17.3 Å². The van der Waals surface area contributed by atoms with E-state index in [-0.39, 0.29) is 11.5 Å². The lowest BCUT2D eigenvalue weighted by Crippen LogP contribution is -2.14. The van der Waals surface area contributed by atoms with Crippen LogP contribution in [0.25, 0.3) is 23.0 Å². The number of rotatable bonds is 8. The number of aromatic amines is 1. The molecule has 0 aliphatic rings. The van der Waals surface area contributed by atoms with E-state index in [2.05, 4.69) is 4.98 Å². The predicted octanol–water partition coefficient (Wildman–Crippen LogP) is 4.75. The Morgan fingerprint density at radius 3 is 2.35 bits per heavy atom. The van der Waals surface area contributed by atoms with Gasteiger partial charge in [-0.1, -0.05) is 30.3 Å². The number of carbonyl (C=O) groups excluding carboxylic acids is 1. The summed E-state index contributed by atoms with van der Waals surface area (Å²) < 4.78 is 17.2. The zero-order chi connectivity index (χ0) is 24.1. The molecule has 0 unspecified atom stereocenters. The van der Waals surface area contributed by atoms with E-state index in [1.165, 1.54) is 10.6 Å². The van der Waals surface area contributed by atoms with Crippen LogP contribution < -0.4 is 19.9 Å². The zero-order valence-corrected chi connectivity index (χ0v) is 19.1. The molecule has 0 bridgehead atoms. The van der Waals surface area contributed by atoms with Crippen molar-refractivity contribution in [2.45, 2.75) is 0 Å². The molecule has 34 heavy (non-hydrogen) atoms. The Kier molecular flexibility index (Phi) is 6.64. The highest BCUT2D eigenvalue weighted by atomic mass is 16.5. The Bertz CT molecular complexity index is 1400. The maximum absolute atomic E-state index is 12.7. The summed E-state index contributed by atoms with van der Waals surface area (Å²) in [4.78, 5) is 28.3. The van der Waals surface area contributed by atoms with Gasteiger partial charge >= 0.3 is 5.69 Å². The molecule has 1 N–H and O–H groups in total. The van der Waals surface area contributed by atoms with Crippen molar-refractivity contribution in [2.75, 3.05) is 21.3 Å². The first-order valence-electron chi connectivity index (χ1n) is 10.5. The van der Waals surface area contributed by atoms with E-state index in [9.17, 15) is 9.59 Å². The van der Waals surface area contributed by atoms with Crippen LogP contribution in [0.15, 0.2) is 83.8 Å². The molecule has 0 saturated heterocycles. The molecule has 1 aromatic heterocycles. The molecule has 0 radical (unpaired) electrons. The van der Waals surface area contributed by atoms with E-state index in [1.54, 1.807) is 70.0 Å². The van der Waals surface area contributed by atoms with Gasteiger partial charge in [-0.2, -0.15) is 0 Å². The van der Waals surface area contributed by atoms with Crippen molar-refractivity contribution in [2.24, 2.45) is 0 Å². The highest BCUT2D eigenvalue weighted by Gasteiger charge is 2.12. The van der Waals surface area contributed by atoms with Gasteiger partial charge in [-0.3, -0.25) is 9.36 Å². The summed E-state index contributed by atoms with van der Waals surface area (Å²) >= 11 is 0. The van der Waals surface area contributed by atoms with Crippen molar-refractivity contribution in [1.82, 2.24) is 9.55 Å². The second-order valence-electron chi connectivity index (χ2n) is 7.43. The molecule has 0 fully saturated rings. The van der Waals surface area contributed by atoms with E-state index in [0.717, 1.165) is 16.9 Å². The van der Waals surface area contributed by atoms with Crippen molar-refractivity contribution in [3.05, 3.63) is 101 Å². The van der Waals surface area contributed by atoms with Crippen LogP contribution in [0.1, 0.15) is 15.9 Å². The number of H-pyrrole nitrogens is 1. The van der Waals surface area contributed by atoms with Crippen LogP contribution in [0, 0.1) is 0 Å². The van der Waals surface area contributed by atoms with Crippen molar-refractivity contribution in [3.63, 3.8) is 0 Å². The number of hydrogen-bond donors (Lipinski definition) is 1. The number of imidazole rings is 1. The lowest BCUT2D eigenvalue weighted by Gasteiger charge is -2.08. The van der Waals surface area contributed by atoms with E-state index >= 15 is 0 Å². The van der Waals surface area contributed by atoms with Crippen molar-refractivity contribution in [3.8, 4) is 34.2 Å². The fourth-order valence-corrected chi connectivity index (χ4v) is 3.53. The van der Waals surface area contributed by atoms with Gasteiger partial charge in [0.05, 0.1) is 32.7 Å². The molecule has 0 aliphatic heterocycles. The Balaban J connectivity index is 1.59. The second-order valence-corrected chi connectivity index (χ2v) is 7.43. The number of hydrogen-bond acceptors (Lipinski definition) is 5. The van der Waals surface area contributed by atoms with Gasteiger partial charge in [0.25, 0.3) is 0 Å². The van der Waals surface area contributed by atoms with Gasteiger partial charge in [0.1, 0.15) is 5.75 Å². The Morgan fingerprint density at radius 1 is 0.882 bits per heavy atom. The second kappa shape index (κ2) is 9.95. The number of ether oxygens (including phenoxy) is 3. The topological polar surface area (TPSA) is 82.5 Å². The molecule has 172 valence electrons. The quantitative estimate of drug-likeness (QED) is 0.306. The summed E-state index contributed by atoms with van der Waals surface area (Å²) in [6.07, 6.45) is 4.95. The summed E-state index contributed by atoms with van der Waals surface area (Å²) in [6.45, 7) is 0. The van der Waals surface area contributed by atoms with Crippen molar-refractivity contribution < 1.29 is 19.0 Å². The van der Waals surface area contributed by atoms with Gasteiger partial charge in [-0.05, 0) is 54.1 Å². The minimum absolute atomic E-state index is 0.165. The van der Waals surface area contributed by atoms with Gasteiger partial charge in [0.15, 0.2) is 17.3 Å². The third-order valence-electron chi connectivity index (χ3n) is 5.36. The first-order chi connectivity index (χ1) is 16.5. The minimum atomic E-state index is -0.317. The molecule has 4 aromatic rings. The van der Waals surface area contributed by atoms with Crippen LogP contribution >= 0.6 is 0 Å². The molecular formula is C27H24N2O5. The van der Waals surface area contributed by atoms with Crippen LogP contribution in [0.5, 0.6) is 17.2 Å². The van der Waals surface area contributed by atoms with Gasteiger partial charge < -0.3 is 19.2 Å². The number of aromatic nitrogens is 2. The van der Waals surface area contributed by atoms with E-state index < -0.39 is 0 Å². The highest BCUT2D eigenvalue weighted by Crippen LogP contribution is 2.31. The zero-order valence-electron chi connectivity index (χ0n) is 19.1. The first kappa shape index (κ1) is 22.7. The Labute approximate surface area is 196 Å². The maximum atomic E-state index is 12.7. The summed E-state index contributed by atoms with van der Waals surface area (Å²) in [7, 11) is 4.73. The Hall–Kier alpha value is -4.52. The van der Waals surface area contributed by atoms with E-state index in [4.69, 9.17) is 14.2 Å². The van der Waals surface area contributed by atoms with Crippen LogP contribution in [-0.4, -0.2) is 36.7 Å². The monoisotopic (exact) mass is 456 g/mol. The van der Waals surface area contributed by atoms with Crippen LogP contribution in [0.4, 0.5) is 0 Å². The van der Waals surface area contributed by atoms with Crippen molar-refractivity contribution >= 4 is 11.9 Å². The largest absolute Gasteiger partial charge is 0.497 e. The number of carbonyl (C=O) groups is 1. The maximum Gasteiger partial charge on any atom is 0.330 e. The standard InChI is InChI=1S/C27H24N2O5/c1-32-22-11-7-18(8-12-22)9-13-24(30)20-5-4-6-21(15-20)29-17-23(28-27(29)31)19-10-14-25(33-2)26(16-19)34-3/h4-17H,1-3H3,(H,28,31). The highest BCUT2D eigenvalue weighted by molar-refractivity contribution is 6.07. The number of nitrogens with one attached hydrogen (secondary N) is 1. The number of allylic oxidation sites excluding steroid dienone is 1. The Morgan fingerprint density at radius 2 is 1.65 bits per heavy atom. The number of methoxy groups -OCH3 is 3. The molecule has 0 spiro atoms. The van der Waals surface area contributed by atoms with Crippen molar-refractivity contribution in [1.29, 1.82) is 0 Å². The van der Waals surface area contributed by atoms with Crippen LogP contribution in [-0.2, 0) is 0 Å². The number of ketones is 1. The summed E-state index contributed by atoms with van der Waals surface area (Å²) in [6, 6.07) is 19.7. The van der Waals surface area contributed by atoms with Crippen LogP contribution in [0.2, 0.25) is 0 Å². The fraction of sp³-hybridized carbons (Fsp3) is 0.111. The van der Waals surface area contributed by atoms with Gasteiger partial charge in [-0.25, -0.2) is 4.79 Å². The molecule has 0 amide bonds. The number of nitrogens with zero attached hydrogens (tertiary/aromatic N) is 1. The average Bonchev–Trinajstić information content (AvgIpc) is 3.28. The van der Waals surface area contributed by atoms with Gasteiger partial charge in [0.2, 0.25) is 0 Å². The molecule has 0 atom stereocenters. The third kappa shape index (κ3) is 4.78. The minimum Gasteiger partial charge on any atom is -0.497 e. The predicted molar refractivity (Wildman–Crippen MR) is 131 cm³/mol. The smallest absolute Gasteiger partial charge is 0.330 e. The fourth-order valence-electron chi connectivity index (χ4n) is 3.53. The molecule has 0 saturated carbocycles. The molecule has 1 heterocycles. The summed E-state index contributed by atoms with van der Waals surface area (Å²) in [5.41, 5.74) is 3.00. The number of benzene rings is 3. The normalized spacial score (nSPS) is 10.9. The van der Waals surface area contributed by atoms with E-state index in [1.807, 2.05) is 30.3 Å². The van der Waals surface area contributed by atoms with Crippen LogP contribution in [0.3, 0.4) is 0 Å². The lowest BCUT2D eigenvalue weighted by molar-refractivity contribution is 0.104. The third-order valence-corrected chi connectivity index (χ3v) is 5.36. The first-order valence-corrected chi connectivity index (χ1v) is 10.5. The van der Waals surface area contributed by atoms with E-state index in [0.29, 0.717) is 28.4 Å². The van der Waals surface area contributed by atoms with Gasteiger partial charge in [-0.15, -0.1) is 0 Å². The molecule has 7 heteroatoms. The summed E-state index contributed by atoms with van der Waals surface area (Å²) in [5.74, 6) is 1.74. The lowest BCUT2D eigenvalue weighted by atomic mass is 10.1. The molecule has 3 aromatic carbocycles. The average molecular weight is 456 g/mol. The summed E-state index contributed by atoms with van der Waals surface area (Å²) in [5, 5.41) is 0. The molecular weight excluding hydrogens is 432 g/mol. The SMILES string of the molecule is COc1ccc(C=CC(=O)c2cccc(-n3cc(-c4ccc(OC)c(OC)c4)[nH]c3=O)c2)cc1. The molecule has 7 nitrogen and oxygen atoms in total. The molecule has 0 aliphatic carbocycles.